The van der Waals surface area contributed by atoms with E-state index in [1.807, 2.05) is 0 Å². The van der Waals surface area contributed by atoms with Gasteiger partial charge >= 0.3 is 0 Å². The Morgan fingerprint density at radius 2 is 0.909 bits per heavy atom. The number of hydrogen-bond acceptors (Lipinski definition) is 4. The molecule has 2 N–H and O–H groups in total. The largest absolute Gasteiger partial charge is 0.353 e. The van der Waals surface area contributed by atoms with Crippen LogP contribution in [0.15, 0.2) is 12.1 Å². The summed E-state index contributed by atoms with van der Waals surface area (Å²) in [6.07, 6.45) is 5.09. The van der Waals surface area contributed by atoms with E-state index in [2.05, 4.69) is 9.97 Å². The monoisotopic (exact) mass is 292 g/mol. The lowest BCUT2D eigenvalue weighted by molar-refractivity contribution is -0.129. The van der Waals surface area contributed by atoms with E-state index in [0.717, 1.165) is 0 Å². The average Bonchev–Trinajstić information content (AvgIpc) is 3.03. The molecule has 2 aliphatic rings. The maximum Gasteiger partial charge on any atom is 0.227 e. The third kappa shape index (κ3) is 1.74. The number of fused-ring (bicyclic) bond motifs is 2. The van der Waals surface area contributed by atoms with Gasteiger partial charge in [0.1, 0.15) is 0 Å². The van der Waals surface area contributed by atoms with Gasteiger partial charge in [-0.25, -0.2) is 0 Å². The van der Waals surface area contributed by atoms with Gasteiger partial charge in [-0.1, -0.05) is 0 Å². The summed E-state index contributed by atoms with van der Waals surface area (Å²) >= 11 is 0. The van der Waals surface area contributed by atoms with E-state index in [0.29, 0.717) is 32.5 Å². The quantitative estimate of drug-likeness (QED) is 0.565. The molecule has 0 atom stereocenters. The van der Waals surface area contributed by atoms with Crippen LogP contribution in [-0.2, 0) is 19.2 Å². The van der Waals surface area contributed by atoms with Crippen molar-refractivity contribution in [3.8, 4) is 11.4 Å². The van der Waals surface area contributed by atoms with Gasteiger partial charge in [0.15, 0.2) is 0 Å². The second-order valence-corrected chi connectivity index (χ2v) is 5.14. The highest BCUT2D eigenvalue weighted by Crippen LogP contribution is 2.08. The molecule has 2 aliphatic carbocycles. The van der Waals surface area contributed by atoms with Crippen molar-refractivity contribution >= 4 is 47.4 Å². The molecule has 0 bridgehead atoms. The lowest BCUT2D eigenvalue weighted by Crippen LogP contribution is -2.31. The number of carbonyl (C=O) groups is 4. The zero-order valence-corrected chi connectivity index (χ0v) is 11.1. The van der Waals surface area contributed by atoms with Crippen LogP contribution in [-0.4, -0.2) is 33.1 Å². The molecule has 2 aromatic heterocycles. The Kier molecular flexibility index (Phi) is 2.33. The van der Waals surface area contributed by atoms with Gasteiger partial charge in [-0.2, -0.15) is 0 Å². The highest BCUT2D eigenvalue weighted by Gasteiger charge is 2.16. The standard InChI is InChI=1S/C16H8N2O4/c19-13-3-7-1-11(17-9(7)5-15(13)21)12-2-8-4-14(20)16(22)6-10(8)18-12/h1-6,17-18H. The van der Waals surface area contributed by atoms with Gasteiger partial charge < -0.3 is 9.97 Å². The summed E-state index contributed by atoms with van der Waals surface area (Å²) < 4.78 is 0. The number of carbonyl (C=O) groups excluding carboxylic acids is 4. The van der Waals surface area contributed by atoms with E-state index in [-0.39, 0.29) is 0 Å². The Balaban J connectivity index is 1.94. The molecule has 0 amide bonds. The zero-order chi connectivity index (χ0) is 15.4. The van der Waals surface area contributed by atoms with Gasteiger partial charge in [0.05, 0.1) is 22.1 Å². The predicted octanol–water partition coefficient (Wildman–Crippen LogP) is -2.56. The van der Waals surface area contributed by atoms with Crippen molar-refractivity contribution in [1.29, 1.82) is 0 Å². The van der Waals surface area contributed by atoms with Crippen LogP contribution < -0.4 is 21.1 Å². The summed E-state index contributed by atoms with van der Waals surface area (Å²) in [5.41, 5.74) is 1.33. The SMILES string of the molecule is O=C1C=c2cc(-c3cc4c([nH]3)=CC(=O)C(=O)C=4)[nH]c2=CC1=O. The van der Waals surface area contributed by atoms with Crippen LogP contribution in [0.2, 0.25) is 0 Å². The minimum Gasteiger partial charge on any atom is -0.353 e. The third-order valence-corrected chi connectivity index (χ3v) is 3.66. The number of rotatable bonds is 1. The highest BCUT2D eigenvalue weighted by molar-refractivity contribution is 6.58. The summed E-state index contributed by atoms with van der Waals surface area (Å²) in [4.78, 5) is 51.6. The van der Waals surface area contributed by atoms with E-state index in [1.54, 1.807) is 12.1 Å². The molecule has 0 fully saturated rings. The molecule has 6 nitrogen and oxygen atoms in total. The van der Waals surface area contributed by atoms with E-state index in [9.17, 15) is 19.2 Å². The van der Waals surface area contributed by atoms with E-state index in [4.69, 9.17) is 0 Å². The second-order valence-electron chi connectivity index (χ2n) is 5.14. The molecule has 22 heavy (non-hydrogen) atoms. The fraction of sp³-hybridized carbons (Fsp3) is 0. The van der Waals surface area contributed by atoms with E-state index < -0.39 is 23.1 Å². The lowest BCUT2D eigenvalue weighted by Gasteiger charge is -1.92. The molecule has 0 aromatic carbocycles. The topological polar surface area (TPSA) is 99.9 Å². The second kappa shape index (κ2) is 4.11. The van der Waals surface area contributed by atoms with Crippen LogP contribution in [0.25, 0.3) is 35.7 Å². The summed E-state index contributed by atoms with van der Waals surface area (Å²) in [6, 6.07) is 3.47. The summed E-state index contributed by atoms with van der Waals surface area (Å²) in [5.74, 6) is -2.24. The van der Waals surface area contributed by atoms with Crippen molar-refractivity contribution in [2.75, 3.05) is 0 Å². The molecule has 0 spiro atoms. The van der Waals surface area contributed by atoms with E-state index in [1.165, 1.54) is 24.3 Å². The fourth-order valence-corrected chi connectivity index (χ4v) is 2.57. The molecule has 2 heterocycles. The molecule has 106 valence electrons. The van der Waals surface area contributed by atoms with Crippen molar-refractivity contribution in [1.82, 2.24) is 9.97 Å². The first-order chi connectivity index (χ1) is 10.5. The first-order valence-corrected chi connectivity index (χ1v) is 6.53. The van der Waals surface area contributed by atoms with E-state index >= 15 is 0 Å². The average molecular weight is 292 g/mol. The molecule has 0 saturated carbocycles. The molecule has 2 aromatic rings. The highest BCUT2D eigenvalue weighted by atomic mass is 16.2. The molecule has 0 saturated heterocycles. The molecule has 0 radical (unpaired) electrons. The zero-order valence-electron chi connectivity index (χ0n) is 11.1. The Labute approximate surface area is 122 Å². The minimum absolute atomic E-state index is 0.554. The van der Waals surface area contributed by atoms with Gasteiger partial charge in [-0.15, -0.1) is 0 Å². The molecule has 6 heteroatoms. The Morgan fingerprint density at radius 1 is 0.545 bits per heavy atom. The van der Waals surface area contributed by atoms with Gasteiger partial charge in [-0.3, -0.25) is 19.2 Å². The molecule has 0 unspecified atom stereocenters. The Hall–Kier alpha value is -3.28. The third-order valence-electron chi connectivity index (χ3n) is 3.66. The number of hydrogen-bond donors (Lipinski definition) is 2. The number of nitrogens with one attached hydrogen (secondary N) is 2. The minimum atomic E-state index is -0.565. The summed E-state index contributed by atoms with van der Waals surface area (Å²) in [6.45, 7) is 0. The van der Waals surface area contributed by atoms with Crippen molar-refractivity contribution in [3.05, 3.63) is 33.3 Å². The van der Waals surface area contributed by atoms with Gasteiger partial charge in [0, 0.05) is 22.6 Å². The number of aromatic amines is 2. The molecule has 0 aliphatic heterocycles. The smallest absolute Gasteiger partial charge is 0.227 e. The van der Waals surface area contributed by atoms with Crippen LogP contribution in [0.3, 0.4) is 0 Å². The van der Waals surface area contributed by atoms with Crippen LogP contribution >= 0.6 is 0 Å². The Bertz CT molecular complexity index is 963. The van der Waals surface area contributed by atoms with Crippen molar-refractivity contribution in [2.24, 2.45) is 0 Å². The number of aromatic nitrogens is 2. The number of H-pyrrole nitrogens is 2. The Morgan fingerprint density at radius 3 is 1.32 bits per heavy atom. The first-order valence-electron chi connectivity index (χ1n) is 6.53. The van der Waals surface area contributed by atoms with Crippen LogP contribution in [0, 0.1) is 0 Å². The van der Waals surface area contributed by atoms with Crippen molar-refractivity contribution in [2.45, 2.75) is 0 Å². The molecular weight excluding hydrogens is 284 g/mol. The van der Waals surface area contributed by atoms with Crippen LogP contribution in [0.1, 0.15) is 0 Å². The maximum atomic E-state index is 11.4. The first kappa shape index (κ1) is 12.5. The number of Topliss-reactive ketones (excluding diaryl/α,β-unsaturated/α-hetero) is 4. The fourth-order valence-electron chi connectivity index (χ4n) is 2.57. The van der Waals surface area contributed by atoms with Gasteiger partial charge in [0.25, 0.3) is 0 Å². The summed E-state index contributed by atoms with van der Waals surface area (Å²) in [5, 5.41) is 2.39. The lowest BCUT2D eigenvalue weighted by atomic mass is 10.1. The van der Waals surface area contributed by atoms with Crippen molar-refractivity contribution in [3.63, 3.8) is 0 Å². The number of ketones is 4. The molecular formula is C16H8N2O4. The van der Waals surface area contributed by atoms with Crippen LogP contribution in [0.4, 0.5) is 0 Å². The van der Waals surface area contributed by atoms with Crippen molar-refractivity contribution < 1.29 is 19.2 Å². The predicted molar refractivity (Wildman–Crippen MR) is 77.0 cm³/mol. The van der Waals surface area contributed by atoms with Gasteiger partial charge in [-0.05, 0) is 24.3 Å². The van der Waals surface area contributed by atoms with Crippen LogP contribution in [0.5, 0.6) is 0 Å². The normalized spacial score (nSPS) is 16.2. The molecule has 4 rings (SSSR count). The summed E-state index contributed by atoms with van der Waals surface area (Å²) in [7, 11) is 0. The maximum absolute atomic E-state index is 11.4. The van der Waals surface area contributed by atoms with Gasteiger partial charge in [0.2, 0.25) is 23.1 Å².